The largest absolute Gasteiger partial charge is 0.253 e. The quantitative estimate of drug-likeness (QED) is 0.563. The minimum Gasteiger partial charge on any atom is -0.253 e. The average molecular weight is 220 g/mol. The molecule has 0 aliphatic carbocycles. The van der Waals surface area contributed by atoms with E-state index in [4.69, 9.17) is 0 Å². The van der Waals surface area contributed by atoms with E-state index in [-0.39, 0.29) is 0 Å². The summed E-state index contributed by atoms with van der Waals surface area (Å²) in [5.74, 6) is 6.46. The van der Waals surface area contributed by atoms with Crippen molar-refractivity contribution < 1.29 is 4.21 Å². The van der Waals surface area contributed by atoms with E-state index in [1.54, 1.807) is 0 Å². The van der Waals surface area contributed by atoms with Crippen molar-refractivity contribution in [3.63, 3.8) is 0 Å². The van der Waals surface area contributed by atoms with Gasteiger partial charge in [0.15, 0.2) is 0 Å². The molecule has 0 heterocycles. The second-order valence-corrected chi connectivity index (χ2v) is 4.71. The van der Waals surface area contributed by atoms with Crippen molar-refractivity contribution in [2.45, 2.75) is 31.1 Å². The van der Waals surface area contributed by atoms with E-state index in [9.17, 15) is 4.21 Å². The Morgan fingerprint density at radius 1 is 1.20 bits per heavy atom. The lowest BCUT2D eigenvalue weighted by atomic mass is 10.3. The molecule has 0 aliphatic rings. The monoisotopic (exact) mass is 220 g/mol. The Morgan fingerprint density at radius 2 is 1.93 bits per heavy atom. The summed E-state index contributed by atoms with van der Waals surface area (Å²) in [4.78, 5) is 0.863. The fourth-order valence-corrected chi connectivity index (χ4v) is 1.99. The maximum Gasteiger partial charge on any atom is 0.0893 e. The summed E-state index contributed by atoms with van der Waals surface area (Å²) in [7, 11) is -0.962. The smallest absolute Gasteiger partial charge is 0.0893 e. The molecule has 0 aliphatic heterocycles. The van der Waals surface area contributed by atoms with Crippen LogP contribution < -0.4 is 0 Å². The highest BCUT2D eigenvalue weighted by Gasteiger charge is 1.98. The van der Waals surface area contributed by atoms with Crippen molar-refractivity contribution in [2.24, 2.45) is 0 Å². The number of hydrogen-bond donors (Lipinski definition) is 0. The van der Waals surface area contributed by atoms with Gasteiger partial charge in [-0.3, -0.25) is 4.21 Å². The Labute approximate surface area is 94.4 Å². The first kappa shape index (κ1) is 12.0. The maximum absolute atomic E-state index is 11.7. The van der Waals surface area contributed by atoms with E-state index in [0.29, 0.717) is 5.75 Å². The molecule has 0 N–H and O–H groups in total. The number of hydrogen-bond acceptors (Lipinski definition) is 1. The van der Waals surface area contributed by atoms with E-state index in [2.05, 4.69) is 18.8 Å². The molecule has 1 unspecified atom stereocenters. The Hall–Kier alpha value is -1.07. The fourth-order valence-electron chi connectivity index (χ4n) is 1.13. The zero-order valence-corrected chi connectivity index (χ0v) is 9.85. The van der Waals surface area contributed by atoms with Gasteiger partial charge in [-0.25, -0.2) is 0 Å². The second kappa shape index (κ2) is 7.25. The molecule has 1 nitrogen and oxygen atoms in total. The molecule has 0 fully saturated rings. The van der Waals surface area contributed by atoms with Crippen LogP contribution in [0.2, 0.25) is 0 Å². The predicted molar refractivity (Wildman–Crippen MR) is 65.0 cm³/mol. The van der Waals surface area contributed by atoms with Gasteiger partial charge in [-0.1, -0.05) is 37.5 Å². The molecule has 0 saturated carbocycles. The van der Waals surface area contributed by atoms with Crippen LogP contribution in [0, 0.1) is 11.8 Å². The Kier molecular flexibility index (Phi) is 5.80. The highest BCUT2D eigenvalue weighted by molar-refractivity contribution is 7.85. The van der Waals surface area contributed by atoms with Crippen LogP contribution in [0.1, 0.15) is 26.2 Å². The first-order valence-electron chi connectivity index (χ1n) is 5.23. The highest BCUT2D eigenvalue weighted by Crippen LogP contribution is 2.04. The summed E-state index contributed by atoms with van der Waals surface area (Å²) in [6.07, 6.45) is 3.21. The van der Waals surface area contributed by atoms with E-state index in [1.165, 1.54) is 0 Å². The van der Waals surface area contributed by atoms with Crippen molar-refractivity contribution in [2.75, 3.05) is 5.75 Å². The summed E-state index contributed by atoms with van der Waals surface area (Å²) in [5.41, 5.74) is 0. The molecular formula is C13H16OS. The molecule has 1 aromatic rings. The van der Waals surface area contributed by atoms with Gasteiger partial charge in [0.05, 0.1) is 16.6 Å². The van der Waals surface area contributed by atoms with Gasteiger partial charge < -0.3 is 0 Å². The molecule has 1 aromatic carbocycles. The third-order valence-corrected chi connectivity index (χ3v) is 3.19. The highest BCUT2D eigenvalue weighted by atomic mass is 32.2. The molecule has 0 aromatic heterocycles. The van der Waals surface area contributed by atoms with Crippen LogP contribution in [0.4, 0.5) is 0 Å². The molecule has 2 heteroatoms. The van der Waals surface area contributed by atoms with Gasteiger partial charge in [0.2, 0.25) is 0 Å². The van der Waals surface area contributed by atoms with Gasteiger partial charge in [0.25, 0.3) is 0 Å². The van der Waals surface area contributed by atoms with Crippen molar-refractivity contribution in [3.05, 3.63) is 30.3 Å². The zero-order valence-electron chi connectivity index (χ0n) is 9.03. The maximum atomic E-state index is 11.7. The first-order valence-corrected chi connectivity index (χ1v) is 6.55. The van der Waals surface area contributed by atoms with E-state index in [0.717, 1.165) is 24.2 Å². The van der Waals surface area contributed by atoms with E-state index >= 15 is 0 Å². The van der Waals surface area contributed by atoms with Crippen molar-refractivity contribution in [1.29, 1.82) is 0 Å². The van der Waals surface area contributed by atoms with Gasteiger partial charge in [0.1, 0.15) is 0 Å². The van der Waals surface area contributed by atoms with E-state index in [1.807, 2.05) is 30.3 Å². The van der Waals surface area contributed by atoms with Crippen LogP contribution in [-0.4, -0.2) is 9.96 Å². The molecule has 0 radical (unpaired) electrons. The van der Waals surface area contributed by atoms with Gasteiger partial charge in [-0.05, 0) is 18.6 Å². The summed E-state index contributed by atoms with van der Waals surface area (Å²) >= 11 is 0. The molecule has 0 amide bonds. The average Bonchev–Trinajstić information content (AvgIpc) is 2.30. The summed E-state index contributed by atoms with van der Waals surface area (Å²) in [6, 6.07) is 9.48. The standard InChI is InChI=1S/C13H16OS/c1-2-3-4-5-9-12-15(14)13-10-7-6-8-11-13/h6-8,10-11H,2-4,12H2,1H3. The van der Waals surface area contributed by atoms with Crippen molar-refractivity contribution in [3.8, 4) is 11.8 Å². The molecule has 80 valence electrons. The SMILES string of the molecule is CCCCC#CCS(=O)c1ccccc1. The molecule has 1 atom stereocenters. The predicted octanol–water partition coefficient (Wildman–Crippen LogP) is 2.99. The van der Waals surface area contributed by atoms with Gasteiger partial charge in [-0.15, -0.1) is 5.92 Å². The number of benzene rings is 1. The van der Waals surface area contributed by atoms with Crippen LogP contribution >= 0.6 is 0 Å². The zero-order chi connectivity index (χ0) is 10.9. The lowest BCUT2D eigenvalue weighted by Gasteiger charge is -1.95. The van der Waals surface area contributed by atoms with Gasteiger partial charge >= 0.3 is 0 Å². The van der Waals surface area contributed by atoms with Crippen LogP contribution in [0.3, 0.4) is 0 Å². The molecule has 15 heavy (non-hydrogen) atoms. The van der Waals surface area contributed by atoms with Gasteiger partial charge in [0, 0.05) is 11.3 Å². The Bertz CT molecular complexity index is 359. The van der Waals surface area contributed by atoms with Crippen molar-refractivity contribution in [1.82, 2.24) is 0 Å². The lowest BCUT2D eigenvalue weighted by molar-refractivity contribution is 0.685. The number of rotatable bonds is 4. The van der Waals surface area contributed by atoms with E-state index < -0.39 is 10.8 Å². The van der Waals surface area contributed by atoms with Crippen molar-refractivity contribution >= 4 is 10.8 Å². The van der Waals surface area contributed by atoms with Gasteiger partial charge in [-0.2, -0.15) is 0 Å². The Morgan fingerprint density at radius 3 is 2.60 bits per heavy atom. The summed E-state index contributed by atoms with van der Waals surface area (Å²) < 4.78 is 11.7. The summed E-state index contributed by atoms with van der Waals surface area (Å²) in [5, 5.41) is 0. The molecule has 0 bridgehead atoms. The second-order valence-electron chi connectivity index (χ2n) is 3.26. The number of unbranched alkanes of at least 4 members (excludes halogenated alkanes) is 2. The lowest BCUT2D eigenvalue weighted by Crippen LogP contribution is -1.94. The molecule has 0 spiro atoms. The molecular weight excluding hydrogens is 204 g/mol. The minimum absolute atomic E-state index is 0.452. The third kappa shape index (κ3) is 4.80. The fraction of sp³-hybridized carbons (Fsp3) is 0.385. The normalized spacial score (nSPS) is 11.5. The minimum atomic E-state index is -0.962. The van der Waals surface area contributed by atoms with Crippen LogP contribution in [-0.2, 0) is 10.8 Å². The van der Waals surface area contributed by atoms with Crippen LogP contribution in [0.5, 0.6) is 0 Å². The van der Waals surface area contributed by atoms with Crippen LogP contribution in [0.25, 0.3) is 0 Å². The molecule has 0 saturated heterocycles. The molecule has 1 rings (SSSR count). The Balaban J connectivity index is 2.39. The topological polar surface area (TPSA) is 17.1 Å². The summed E-state index contributed by atoms with van der Waals surface area (Å²) in [6.45, 7) is 2.14. The van der Waals surface area contributed by atoms with Crippen LogP contribution in [0.15, 0.2) is 35.2 Å². The third-order valence-electron chi connectivity index (χ3n) is 1.99. The first-order chi connectivity index (χ1) is 7.34.